The van der Waals surface area contributed by atoms with Crippen LogP contribution >= 0.6 is 0 Å². The van der Waals surface area contributed by atoms with Crippen LogP contribution in [0.4, 0.5) is 5.69 Å². The van der Waals surface area contributed by atoms with Crippen molar-refractivity contribution >= 4 is 17.6 Å². The van der Waals surface area contributed by atoms with Gasteiger partial charge < -0.3 is 15.2 Å². The number of hydrogen-bond donors (Lipinski definition) is 2. The molecule has 1 fully saturated rings. The number of hydrogen-bond acceptors (Lipinski definition) is 3. The third kappa shape index (κ3) is 3.32. The SMILES string of the molecule is Cc1ccc(NC(=O)C2CCCCO2)c(C(=O)O)c1. The smallest absolute Gasteiger partial charge is 0.337 e. The summed E-state index contributed by atoms with van der Waals surface area (Å²) in [5, 5.41) is 11.8. The lowest BCUT2D eigenvalue weighted by Crippen LogP contribution is -2.33. The van der Waals surface area contributed by atoms with Gasteiger partial charge >= 0.3 is 5.97 Å². The molecule has 5 heteroatoms. The maximum atomic E-state index is 12.0. The maximum Gasteiger partial charge on any atom is 0.337 e. The third-order valence-electron chi connectivity index (χ3n) is 3.14. The van der Waals surface area contributed by atoms with Crippen molar-refractivity contribution < 1.29 is 19.4 Å². The Morgan fingerprint density at radius 2 is 2.16 bits per heavy atom. The van der Waals surface area contributed by atoms with E-state index in [9.17, 15) is 9.59 Å². The van der Waals surface area contributed by atoms with Crippen LogP contribution < -0.4 is 5.32 Å². The van der Waals surface area contributed by atoms with E-state index in [0.717, 1.165) is 18.4 Å². The monoisotopic (exact) mass is 263 g/mol. The predicted molar refractivity (Wildman–Crippen MR) is 70.4 cm³/mol. The van der Waals surface area contributed by atoms with Gasteiger partial charge in [-0.05, 0) is 38.3 Å². The van der Waals surface area contributed by atoms with E-state index in [0.29, 0.717) is 18.7 Å². The number of ether oxygens (including phenoxy) is 1. The van der Waals surface area contributed by atoms with E-state index in [1.807, 2.05) is 6.92 Å². The van der Waals surface area contributed by atoms with Gasteiger partial charge in [-0.15, -0.1) is 0 Å². The molecule has 0 saturated carbocycles. The largest absolute Gasteiger partial charge is 0.478 e. The number of benzene rings is 1. The van der Waals surface area contributed by atoms with Crippen LogP contribution in [0.25, 0.3) is 0 Å². The van der Waals surface area contributed by atoms with Crippen molar-refractivity contribution in [2.24, 2.45) is 0 Å². The average molecular weight is 263 g/mol. The Kier molecular flexibility index (Phi) is 4.16. The van der Waals surface area contributed by atoms with E-state index < -0.39 is 12.1 Å². The number of nitrogens with one attached hydrogen (secondary N) is 1. The average Bonchev–Trinajstić information content (AvgIpc) is 2.41. The lowest BCUT2D eigenvalue weighted by Gasteiger charge is -2.22. The normalized spacial score (nSPS) is 18.9. The molecule has 1 aromatic carbocycles. The minimum absolute atomic E-state index is 0.101. The molecule has 1 aromatic rings. The number of carboxylic acid groups (broad SMARTS) is 1. The molecule has 0 aliphatic carbocycles. The number of anilines is 1. The fourth-order valence-corrected chi connectivity index (χ4v) is 2.10. The van der Waals surface area contributed by atoms with Crippen molar-refractivity contribution in [3.63, 3.8) is 0 Å². The van der Waals surface area contributed by atoms with Gasteiger partial charge in [0.05, 0.1) is 11.3 Å². The van der Waals surface area contributed by atoms with Crippen LogP contribution in [-0.2, 0) is 9.53 Å². The highest BCUT2D eigenvalue weighted by Crippen LogP contribution is 2.20. The van der Waals surface area contributed by atoms with E-state index in [2.05, 4.69) is 5.32 Å². The summed E-state index contributed by atoms with van der Waals surface area (Å²) in [6.45, 7) is 2.39. The molecule has 1 unspecified atom stereocenters. The van der Waals surface area contributed by atoms with Gasteiger partial charge in [0.1, 0.15) is 6.10 Å². The molecule has 0 aromatic heterocycles. The fraction of sp³-hybridized carbons (Fsp3) is 0.429. The van der Waals surface area contributed by atoms with Gasteiger partial charge in [-0.1, -0.05) is 11.6 Å². The molecular formula is C14H17NO4. The second-order valence-electron chi connectivity index (χ2n) is 4.70. The summed E-state index contributed by atoms with van der Waals surface area (Å²) in [7, 11) is 0. The molecule has 102 valence electrons. The molecule has 1 heterocycles. The molecule has 1 aliphatic rings. The molecule has 2 rings (SSSR count). The van der Waals surface area contributed by atoms with E-state index in [-0.39, 0.29) is 11.5 Å². The van der Waals surface area contributed by atoms with Gasteiger partial charge in [0.2, 0.25) is 0 Å². The molecule has 19 heavy (non-hydrogen) atoms. The first-order valence-electron chi connectivity index (χ1n) is 6.34. The van der Waals surface area contributed by atoms with Gasteiger partial charge in [-0.2, -0.15) is 0 Å². The Morgan fingerprint density at radius 1 is 1.37 bits per heavy atom. The Hall–Kier alpha value is -1.88. The lowest BCUT2D eigenvalue weighted by molar-refractivity contribution is -0.129. The van der Waals surface area contributed by atoms with Gasteiger partial charge in [-0.25, -0.2) is 4.79 Å². The topological polar surface area (TPSA) is 75.6 Å². The van der Waals surface area contributed by atoms with Gasteiger partial charge in [0.15, 0.2) is 0 Å². The maximum absolute atomic E-state index is 12.0. The minimum atomic E-state index is -1.05. The third-order valence-corrected chi connectivity index (χ3v) is 3.14. The molecule has 1 atom stereocenters. The molecule has 1 saturated heterocycles. The summed E-state index contributed by atoms with van der Waals surface area (Å²) in [6.07, 6.45) is 2.13. The van der Waals surface area contributed by atoms with E-state index in [1.54, 1.807) is 18.2 Å². The quantitative estimate of drug-likeness (QED) is 0.876. The van der Waals surface area contributed by atoms with Gasteiger partial charge in [0.25, 0.3) is 5.91 Å². The number of rotatable bonds is 3. The molecule has 2 N–H and O–H groups in total. The highest BCUT2D eigenvalue weighted by atomic mass is 16.5. The van der Waals surface area contributed by atoms with Crippen LogP contribution in [0.3, 0.4) is 0 Å². The van der Waals surface area contributed by atoms with Crippen LogP contribution in [-0.4, -0.2) is 29.7 Å². The first-order chi connectivity index (χ1) is 9.08. The van der Waals surface area contributed by atoms with Crippen LogP contribution in [0.5, 0.6) is 0 Å². The second kappa shape index (κ2) is 5.84. The van der Waals surface area contributed by atoms with Crippen molar-refractivity contribution in [3.8, 4) is 0 Å². The lowest BCUT2D eigenvalue weighted by atomic mass is 10.1. The Labute approximate surface area is 111 Å². The van der Waals surface area contributed by atoms with Gasteiger partial charge in [0, 0.05) is 6.61 Å². The number of aryl methyl sites for hydroxylation is 1. The van der Waals surface area contributed by atoms with Crippen molar-refractivity contribution in [3.05, 3.63) is 29.3 Å². The molecule has 0 bridgehead atoms. The molecule has 0 spiro atoms. The Bertz CT molecular complexity index is 492. The number of amides is 1. The summed E-state index contributed by atoms with van der Waals surface area (Å²) in [4.78, 5) is 23.1. The molecule has 1 aliphatic heterocycles. The van der Waals surface area contributed by atoms with E-state index >= 15 is 0 Å². The summed E-state index contributed by atoms with van der Waals surface area (Å²) < 4.78 is 5.38. The minimum Gasteiger partial charge on any atom is -0.478 e. The number of carbonyl (C=O) groups is 2. The summed E-state index contributed by atoms with van der Waals surface area (Å²) in [6, 6.07) is 4.92. The van der Waals surface area contributed by atoms with Crippen LogP contribution in [0.2, 0.25) is 0 Å². The van der Waals surface area contributed by atoms with Crippen molar-refractivity contribution in [1.29, 1.82) is 0 Å². The van der Waals surface area contributed by atoms with Crippen LogP contribution in [0.15, 0.2) is 18.2 Å². The standard InChI is InChI=1S/C14H17NO4/c1-9-5-6-11(10(8-9)14(17)18)15-13(16)12-4-2-3-7-19-12/h5-6,8,12H,2-4,7H2,1H3,(H,15,16)(H,17,18). The summed E-state index contributed by atoms with van der Waals surface area (Å²) >= 11 is 0. The molecule has 0 radical (unpaired) electrons. The first-order valence-corrected chi connectivity index (χ1v) is 6.34. The number of carbonyl (C=O) groups excluding carboxylic acids is 1. The Morgan fingerprint density at radius 3 is 2.79 bits per heavy atom. The predicted octanol–water partition coefficient (Wildman–Crippen LogP) is 2.20. The fourth-order valence-electron chi connectivity index (χ4n) is 2.10. The molecule has 5 nitrogen and oxygen atoms in total. The summed E-state index contributed by atoms with van der Waals surface area (Å²) in [5.74, 6) is -1.32. The first kappa shape index (κ1) is 13.5. The van der Waals surface area contributed by atoms with Gasteiger partial charge in [-0.3, -0.25) is 4.79 Å². The van der Waals surface area contributed by atoms with Crippen molar-refractivity contribution in [2.45, 2.75) is 32.3 Å². The van der Waals surface area contributed by atoms with E-state index in [4.69, 9.17) is 9.84 Å². The van der Waals surface area contributed by atoms with E-state index in [1.165, 1.54) is 0 Å². The van der Waals surface area contributed by atoms with Crippen molar-refractivity contribution in [2.75, 3.05) is 11.9 Å². The van der Waals surface area contributed by atoms with Crippen LogP contribution in [0, 0.1) is 6.92 Å². The highest BCUT2D eigenvalue weighted by molar-refractivity contribution is 6.02. The molecule has 1 amide bonds. The second-order valence-corrected chi connectivity index (χ2v) is 4.70. The number of aromatic carboxylic acids is 1. The van der Waals surface area contributed by atoms with Crippen LogP contribution in [0.1, 0.15) is 35.2 Å². The zero-order valence-corrected chi connectivity index (χ0v) is 10.8. The highest BCUT2D eigenvalue weighted by Gasteiger charge is 2.23. The Balaban J connectivity index is 2.13. The number of carboxylic acids is 1. The summed E-state index contributed by atoms with van der Waals surface area (Å²) in [5.41, 5.74) is 1.26. The zero-order chi connectivity index (χ0) is 13.8. The van der Waals surface area contributed by atoms with Crippen molar-refractivity contribution in [1.82, 2.24) is 0 Å². The molecular weight excluding hydrogens is 246 g/mol. The zero-order valence-electron chi connectivity index (χ0n) is 10.8.